The molecule has 38 heavy (non-hydrogen) atoms. The van der Waals surface area contributed by atoms with Crippen LogP contribution >= 0.6 is 0 Å². The first kappa shape index (κ1) is 28.7. The summed E-state index contributed by atoms with van der Waals surface area (Å²) in [7, 11) is 0. The van der Waals surface area contributed by atoms with Gasteiger partial charge in [-0.25, -0.2) is 4.79 Å². The van der Waals surface area contributed by atoms with Crippen LogP contribution in [0.2, 0.25) is 0 Å². The lowest BCUT2D eigenvalue weighted by Crippen LogP contribution is -2.14. The van der Waals surface area contributed by atoms with E-state index >= 15 is 0 Å². The number of rotatable bonds is 17. The maximum absolute atomic E-state index is 11.7. The van der Waals surface area contributed by atoms with Gasteiger partial charge in [0.2, 0.25) is 0 Å². The fourth-order valence-electron chi connectivity index (χ4n) is 3.87. The van der Waals surface area contributed by atoms with Gasteiger partial charge in [0.15, 0.2) is 12.4 Å². The van der Waals surface area contributed by atoms with Crippen molar-refractivity contribution in [1.82, 2.24) is 0 Å². The first-order valence-corrected chi connectivity index (χ1v) is 12.5. The molecule has 9 nitrogen and oxygen atoms in total. The van der Waals surface area contributed by atoms with Crippen molar-refractivity contribution < 1.29 is 43.5 Å². The summed E-state index contributed by atoms with van der Waals surface area (Å²) in [6.07, 6.45) is 1.41. The molecule has 0 radical (unpaired) electrons. The number of ketones is 1. The third-order valence-electron chi connectivity index (χ3n) is 5.62. The summed E-state index contributed by atoms with van der Waals surface area (Å²) in [5.41, 5.74) is 0.931. The minimum atomic E-state index is -1.05. The molecule has 0 bridgehead atoms. The van der Waals surface area contributed by atoms with Gasteiger partial charge in [-0.15, -0.1) is 0 Å². The quantitative estimate of drug-likeness (QED) is 0.191. The molecule has 9 heteroatoms. The van der Waals surface area contributed by atoms with E-state index in [0.717, 1.165) is 17.2 Å². The molecule has 0 amide bonds. The average molecular weight is 527 g/mol. The number of fused-ring (bicyclic) bond motifs is 1. The maximum atomic E-state index is 11.7. The second-order valence-corrected chi connectivity index (χ2v) is 8.49. The maximum Gasteiger partial charge on any atom is 0.341 e. The summed E-state index contributed by atoms with van der Waals surface area (Å²) >= 11 is 0. The SMILES string of the molecule is CCCc1c(OCCOCCOCCOc2cc(OCC(=O)O)cc3ccccc23)ccc(C(C)=O)c1O. The molecule has 0 aliphatic heterocycles. The lowest BCUT2D eigenvalue weighted by atomic mass is 10.0. The molecule has 0 aliphatic carbocycles. The van der Waals surface area contributed by atoms with E-state index in [0.29, 0.717) is 74.4 Å². The number of benzene rings is 3. The minimum Gasteiger partial charge on any atom is -0.507 e. The molecule has 0 fully saturated rings. The minimum absolute atomic E-state index is 0.0131. The molecule has 3 rings (SSSR count). The number of Topliss-reactive ketones (excluding diaryl/α,β-unsaturated/α-hetero) is 1. The molecule has 0 aromatic heterocycles. The number of phenolic OH excluding ortho intramolecular Hbond substituents is 1. The lowest BCUT2D eigenvalue weighted by Gasteiger charge is -2.15. The van der Waals surface area contributed by atoms with Crippen molar-refractivity contribution in [3.8, 4) is 23.0 Å². The number of carboxylic acids is 1. The standard InChI is InChI=1S/C29H34O9/c1-3-6-25-26(10-9-23(20(2)30)29(25)33)36-15-13-34-11-12-35-14-16-37-27-18-22(38-19-28(31)32)17-21-7-4-5-8-24(21)27/h4-5,7-10,17-18,33H,3,6,11-16,19H2,1-2H3,(H,31,32). The molecule has 3 aromatic rings. The van der Waals surface area contributed by atoms with Crippen LogP contribution in [0.1, 0.15) is 36.2 Å². The fourth-order valence-corrected chi connectivity index (χ4v) is 3.87. The number of hydrogen-bond donors (Lipinski definition) is 2. The number of aromatic hydroxyl groups is 1. The summed E-state index contributed by atoms with van der Waals surface area (Å²) < 4.78 is 28.1. The molecule has 0 saturated carbocycles. The van der Waals surface area contributed by atoms with E-state index in [1.54, 1.807) is 24.3 Å². The molecule has 0 saturated heterocycles. The van der Waals surface area contributed by atoms with Crippen molar-refractivity contribution in [2.45, 2.75) is 26.7 Å². The van der Waals surface area contributed by atoms with E-state index < -0.39 is 12.6 Å². The number of carbonyl (C=O) groups excluding carboxylic acids is 1. The number of ether oxygens (including phenoxy) is 5. The second-order valence-electron chi connectivity index (χ2n) is 8.49. The Balaban J connectivity index is 1.36. The summed E-state index contributed by atoms with van der Waals surface area (Å²) in [5.74, 6) is 0.311. The molecule has 0 aliphatic rings. The van der Waals surface area contributed by atoms with Crippen LogP contribution in [-0.4, -0.2) is 68.2 Å². The normalized spacial score (nSPS) is 10.9. The average Bonchev–Trinajstić information content (AvgIpc) is 2.90. The molecular weight excluding hydrogens is 492 g/mol. The zero-order valence-corrected chi connectivity index (χ0v) is 21.7. The van der Waals surface area contributed by atoms with Gasteiger partial charge in [-0.3, -0.25) is 4.79 Å². The Labute approximate surface area is 221 Å². The predicted octanol–water partition coefficient (Wildman–Crippen LogP) is 4.65. The predicted molar refractivity (Wildman–Crippen MR) is 142 cm³/mol. The smallest absolute Gasteiger partial charge is 0.341 e. The Morgan fingerprint density at radius 1 is 0.816 bits per heavy atom. The number of carbonyl (C=O) groups is 2. The summed E-state index contributed by atoms with van der Waals surface area (Å²) in [4.78, 5) is 22.5. The summed E-state index contributed by atoms with van der Waals surface area (Å²) in [6.45, 7) is 5.03. The number of phenols is 1. The van der Waals surface area contributed by atoms with Crippen LogP contribution in [-0.2, 0) is 20.7 Å². The zero-order valence-electron chi connectivity index (χ0n) is 21.7. The van der Waals surface area contributed by atoms with Gasteiger partial charge >= 0.3 is 5.97 Å². The molecule has 0 spiro atoms. The zero-order chi connectivity index (χ0) is 27.3. The van der Waals surface area contributed by atoms with Gasteiger partial charge in [0, 0.05) is 17.0 Å². The van der Waals surface area contributed by atoms with Crippen LogP contribution in [0, 0.1) is 0 Å². The van der Waals surface area contributed by atoms with E-state index in [1.165, 1.54) is 6.92 Å². The monoisotopic (exact) mass is 526 g/mol. The first-order valence-electron chi connectivity index (χ1n) is 12.5. The highest BCUT2D eigenvalue weighted by Crippen LogP contribution is 2.33. The van der Waals surface area contributed by atoms with Gasteiger partial charge in [0.25, 0.3) is 0 Å². The van der Waals surface area contributed by atoms with Crippen molar-refractivity contribution in [1.29, 1.82) is 0 Å². The third kappa shape index (κ3) is 8.36. The van der Waals surface area contributed by atoms with Crippen LogP contribution in [0.25, 0.3) is 10.8 Å². The molecule has 0 unspecified atom stereocenters. The summed E-state index contributed by atoms with van der Waals surface area (Å²) in [6, 6.07) is 14.4. The van der Waals surface area contributed by atoms with Crippen LogP contribution in [0.3, 0.4) is 0 Å². The van der Waals surface area contributed by atoms with Crippen molar-refractivity contribution in [3.63, 3.8) is 0 Å². The fraction of sp³-hybridized carbons (Fsp3) is 0.379. The molecular formula is C29H34O9. The molecule has 2 N–H and O–H groups in total. The van der Waals surface area contributed by atoms with Crippen LogP contribution in [0.15, 0.2) is 48.5 Å². The molecule has 3 aromatic carbocycles. The highest BCUT2D eigenvalue weighted by molar-refractivity contribution is 5.97. The van der Waals surface area contributed by atoms with Gasteiger partial charge in [0.1, 0.15) is 36.2 Å². The number of aliphatic carboxylic acids is 1. The van der Waals surface area contributed by atoms with Gasteiger partial charge < -0.3 is 33.9 Å². The largest absolute Gasteiger partial charge is 0.507 e. The van der Waals surface area contributed by atoms with Crippen molar-refractivity contribution >= 4 is 22.5 Å². The number of carboxylic acid groups (broad SMARTS) is 1. The lowest BCUT2D eigenvalue weighted by molar-refractivity contribution is -0.139. The molecule has 0 atom stereocenters. The second kappa shape index (κ2) is 14.8. The van der Waals surface area contributed by atoms with Crippen molar-refractivity contribution in [3.05, 3.63) is 59.7 Å². The Kier molecular flexibility index (Phi) is 11.2. The van der Waals surface area contributed by atoms with E-state index in [-0.39, 0.29) is 11.5 Å². The van der Waals surface area contributed by atoms with Crippen molar-refractivity contribution in [2.75, 3.05) is 46.2 Å². The van der Waals surface area contributed by atoms with Crippen LogP contribution < -0.4 is 14.2 Å². The van der Waals surface area contributed by atoms with E-state index in [9.17, 15) is 14.7 Å². The Hall–Kier alpha value is -3.82. The Morgan fingerprint density at radius 2 is 1.47 bits per heavy atom. The van der Waals surface area contributed by atoms with Crippen LogP contribution in [0.4, 0.5) is 0 Å². The van der Waals surface area contributed by atoms with E-state index in [2.05, 4.69) is 0 Å². The Bertz CT molecular complexity index is 1220. The van der Waals surface area contributed by atoms with Gasteiger partial charge in [-0.1, -0.05) is 37.6 Å². The highest BCUT2D eigenvalue weighted by atomic mass is 16.6. The Morgan fingerprint density at radius 3 is 2.13 bits per heavy atom. The van der Waals surface area contributed by atoms with Gasteiger partial charge in [-0.2, -0.15) is 0 Å². The number of hydrogen-bond acceptors (Lipinski definition) is 8. The topological polar surface area (TPSA) is 121 Å². The summed E-state index contributed by atoms with van der Waals surface area (Å²) in [5, 5.41) is 21.0. The molecule has 0 heterocycles. The molecule has 204 valence electrons. The van der Waals surface area contributed by atoms with Gasteiger partial charge in [0.05, 0.1) is 32.0 Å². The van der Waals surface area contributed by atoms with E-state index in [4.69, 9.17) is 28.8 Å². The van der Waals surface area contributed by atoms with Crippen LogP contribution in [0.5, 0.6) is 23.0 Å². The van der Waals surface area contributed by atoms with E-state index in [1.807, 2.05) is 31.2 Å². The van der Waals surface area contributed by atoms with Crippen molar-refractivity contribution in [2.24, 2.45) is 0 Å². The highest BCUT2D eigenvalue weighted by Gasteiger charge is 2.16. The first-order chi connectivity index (χ1) is 18.4. The third-order valence-corrected chi connectivity index (χ3v) is 5.62. The van der Waals surface area contributed by atoms with Gasteiger partial charge in [-0.05, 0) is 36.9 Å².